The number of benzene rings is 1. The summed E-state index contributed by atoms with van der Waals surface area (Å²) < 4.78 is 33.6. The molecule has 2 nitrogen and oxygen atoms in total. The van der Waals surface area contributed by atoms with Crippen LogP contribution in [-0.2, 0) is 11.2 Å². The molecular weight excluding hydrogens is 260 g/mol. The Kier molecular flexibility index (Phi) is 6.56. The van der Waals surface area contributed by atoms with Crippen molar-refractivity contribution < 1.29 is 13.5 Å². The van der Waals surface area contributed by atoms with Gasteiger partial charge in [0.05, 0.1) is 5.60 Å². The lowest BCUT2D eigenvalue weighted by Gasteiger charge is -2.39. The number of ether oxygens (including phenoxy) is 1. The van der Waals surface area contributed by atoms with E-state index in [4.69, 9.17) is 4.74 Å². The first kappa shape index (κ1) is 17.1. The molecule has 0 radical (unpaired) electrons. The van der Waals surface area contributed by atoms with Gasteiger partial charge < -0.3 is 10.1 Å². The molecule has 0 spiro atoms. The number of hydrogen-bond donors (Lipinski definition) is 1. The molecular formula is C16H25F2NO. The number of halogens is 2. The monoisotopic (exact) mass is 285 g/mol. The second kappa shape index (κ2) is 7.70. The molecule has 0 aliphatic heterocycles. The Morgan fingerprint density at radius 1 is 1.15 bits per heavy atom. The summed E-state index contributed by atoms with van der Waals surface area (Å²) in [6.07, 6.45) is 1.86. The van der Waals surface area contributed by atoms with Gasteiger partial charge in [0.1, 0.15) is 11.6 Å². The number of likely N-dealkylation sites (N-methyl/N-ethyl adjacent to an activating group) is 1. The summed E-state index contributed by atoms with van der Waals surface area (Å²) in [7, 11) is 1.81. The standard InChI is InChI=1S/C16H25F2NO/c1-5-16(6-2,20-7-3)15(19-4)11-12-13(17)9-8-10-14(12)18/h8-10,15,19H,5-7,11H2,1-4H3. The lowest BCUT2D eigenvalue weighted by molar-refractivity contribution is -0.0706. The fraction of sp³-hybridized carbons (Fsp3) is 0.625. The number of nitrogens with one attached hydrogen (secondary N) is 1. The van der Waals surface area contributed by atoms with Crippen LogP contribution in [0.4, 0.5) is 8.78 Å². The van der Waals surface area contributed by atoms with Crippen LogP contribution in [0.15, 0.2) is 18.2 Å². The highest BCUT2D eigenvalue weighted by atomic mass is 19.1. The van der Waals surface area contributed by atoms with E-state index >= 15 is 0 Å². The van der Waals surface area contributed by atoms with Gasteiger partial charge in [0.2, 0.25) is 0 Å². The average Bonchev–Trinajstić information content (AvgIpc) is 2.45. The van der Waals surface area contributed by atoms with Crippen molar-refractivity contribution in [2.24, 2.45) is 0 Å². The van der Waals surface area contributed by atoms with Crippen LogP contribution in [0.25, 0.3) is 0 Å². The molecule has 0 aliphatic rings. The molecule has 0 saturated carbocycles. The summed E-state index contributed by atoms with van der Waals surface area (Å²) in [5.74, 6) is -0.995. The second-order valence-electron chi connectivity index (χ2n) is 4.95. The molecule has 114 valence electrons. The van der Waals surface area contributed by atoms with Crippen LogP contribution in [0.2, 0.25) is 0 Å². The highest BCUT2D eigenvalue weighted by Gasteiger charge is 2.36. The molecule has 4 heteroatoms. The third-order valence-electron chi connectivity index (χ3n) is 4.08. The van der Waals surface area contributed by atoms with E-state index < -0.39 is 17.2 Å². The van der Waals surface area contributed by atoms with E-state index in [9.17, 15) is 8.78 Å². The molecule has 1 rings (SSSR count). The molecule has 1 aromatic carbocycles. The van der Waals surface area contributed by atoms with Crippen molar-refractivity contribution in [1.82, 2.24) is 5.32 Å². The molecule has 0 heterocycles. The van der Waals surface area contributed by atoms with Crippen molar-refractivity contribution in [2.75, 3.05) is 13.7 Å². The van der Waals surface area contributed by atoms with E-state index in [1.807, 2.05) is 27.8 Å². The SMILES string of the molecule is CCOC(CC)(CC)C(Cc1c(F)cccc1F)NC. The molecule has 0 aliphatic carbocycles. The Morgan fingerprint density at radius 3 is 2.10 bits per heavy atom. The van der Waals surface area contributed by atoms with Gasteiger partial charge in [0.15, 0.2) is 0 Å². The Labute approximate surface area is 120 Å². The van der Waals surface area contributed by atoms with E-state index in [1.165, 1.54) is 18.2 Å². The first-order valence-electron chi connectivity index (χ1n) is 7.28. The van der Waals surface area contributed by atoms with Gasteiger partial charge in [-0.25, -0.2) is 8.78 Å². The van der Waals surface area contributed by atoms with Gasteiger partial charge in [0, 0.05) is 18.2 Å². The normalized spacial score (nSPS) is 13.5. The molecule has 1 unspecified atom stereocenters. The van der Waals surface area contributed by atoms with Crippen LogP contribution >= 0.6 is 0 Å². The van der Waals surface area contributed by atoms with Gasteiger partial charge in [-0.1, -0.05) is 19.9 Å². The quantitative estimate of drug-likeness (QED) is 0.786. The fourth-order valence-corrected chi connectivity index (χ4v) is 2.82. The van der Waals surface area contributed by atoms with Gasteiger partial charge in [-0.2, -0.15) is 0 Å². The molecule has 0 saturated heterocycles. The van der Waals surface area contributed by atoms with Crippen LogP contribution in [0.1, 0.15) is 39.2 Å². The summed E-state index contributed by atoms with van der Waals surface area (Å²) in [6.45, 7) is 6.61. The molecule has 0 bridgehead atoms. The number of hydrogen-bond acceptors (Lipinski definition) is 2. The largest absolute Gasteiger partial charge is 0.374 e. The number of rotatable bonds is 8. The first-order chi connectivity index (χ1) is 9.54. The van der Waals surface area contributed by atoms with Crippen molar-refractivity contribution in [2.45, 2.75) is 51.7 Å². The van der Waals surface area contributed by atoms with Crippen LogP contribution in [0.5, 0.6) is 0 Å². The predicted molar refractivity (Wildman–Crippen MR) is 77.8 cm³/mol. The maximum atomic E-state index is 13.8. The van der Waals surface area contributed by atoms with Crippen LogP contribution in [-0.4, -0.2) is 25.3 Å². The van der Waals surface area contributed by atoms with E-state index in [0.29, 0.717) is 6.61 Å². The van der Waals surface area contributed by atoms with Gasteiger partial charge in [-0.05, 0) is 45.4 Å². The predicted octanol–water partition coefficient (Wildman–Crippen LogP) is 3.69. The molecule has 20 heavy (non-hydrogen) atoms. The van der Waals surface area contributed by atoms with E-state index in [2.05, 4.69) is 5.32 Å². The lowest BCUT2D eigenvalue weighted by Crippen LogP contribution is -2.52. The van der Waals surface area contributed by atoms with Crippen molar-refractivity contribution in [3.8, 4) is 0 Å². The summed E-state index contributed by atoms with van der Waals surface area (Å²) in [5, 5.41) is 3.17. The minimum absolute atomic E-state index is 0.123. The topological polar surface area (TPSA) is 21.3 Å². The Morgan fingerprint density at radius 2 is 1.70 bits per heavy atom. The smallest absolute Gasteiger partial charge is 0.129 e. The third kappa shape index (κ3) is 3.55. The molecule has 1 aromatic rings. The van der Waals surface area contributed by atoms with Crippen molar-refractivity contribution in [3.05, 3.63) is 35.4 Å². The van der Waals surface area contributed by atoms with Gasteiger partial charge in [0.25, 0.3) is 0 Å². The fourth-order valence-electron chi connectivity index (χ4n) is 2.82. The zero-order chi connectivity index (χ0) is 15.2. The van der Waals surface area contributed by atoms with Crippen LogP contribution < -0.4 is 5.32 Å². The summed E-state index contributed by atoms with van der Waals surface area (Å²) in [4.78, 5) is 0. The molecule has 0 aromatic heterocycles. The average molecular weight is 285 g/mol. The third-order valence-corrected chi connectivity index (χ3v) is 4.08. The Bertz CT molecular complexity index is 399. The molecule has 0 fully saturated rings. The van der Waals surface area contributed by atoms with E-state index in [-0.39, 0.29) is 18.0 Å². The van der Waals surface area contributed by atoms with Gasteiger partial charge in [-0.3, -0.25) is 0 Å². The first-order valence-corrected chi connectivity index (χ1v) is 7.28. The van der Waals surface area contributed by atoms with Crippen LogP contribution in [0, 0.1) is 11.6 Å². The molecule has 1 N–H and O–H groups in total. The summed E-state index contributed by atoms with van der Waals surface area (Å²) >= 11 is 0. The Balaban J connectivity index is 3.06. The maximum absolute atomic E-state index is 13.8. The van der Waals surface area contributed by atoms with Crippen molar-refractivity contribution in [3.63, 3.8) is 0 Å². The highest BCUT2D eigenvalue weighted by molar-refractivity contribution is 5.21. The summed E-state index contributed by atoms with van der Waals surface area (Å²) in [6, 6.07) is 3.85. The highest BCUT2D eigenvalue weighted by Crippen LogP contribution is 2.28. The minimum Gasteiger partial charge on any atom is -0.374 e. The van der Waals surface area contributed by atoms with Crippen molar-refractivity contribution in [1.29, 1.82) is 0 Å². The molecule has 0 amide bonds. The minimum atomic E-state index is -0.497. The molecule has 1 atom stereocenters. The zero-order valence-electron chi connectivity index (χ0n) is 12.8. The maximum Gasteiger partial charge on any atom is 0.129 e. The van der Waals surface area contributed by atoms with E-state index in [0.717, 1.165) is 12.8 Å². The van der Waals surface area contributed by atoms with Gasteiger partial charge >= 0.3 is 0 Å². The Hall–Kier alpha value is -1.00. The van der Waals surface area contributed by atoms with Crippen LogP contribution in [0.3, 0.4) is 0 Å². The van der Waals surface area contributed by atoms with E-state index in [1.54, 1.807) is 0 Å². The lowest BCUT2D eigenvalue weighted by atomic mass is 9.84. The van der Waals surface area contributed by atoms with Gasteiger partial charge in [-0.15, -0.1) is 0 Å². The zero-order valence-corrected chi connectivity index (χ0v) is 12.8. The van der Waals surface area contributed by atoms with Crippen molar-refractivity contribution >= 4 is 0 Å². The second-order valence-corrected chi connectivity index (χ2v) is 4.95. The summed E-state index contributed by atoms with van der Waals surface area (Å²) in [5.41, 5.74) is -0.282.